The second-order valence-corrected chi connectivity index (χ2v) is 6.21. The van der Waals surface area contributed by atoms with E-state index in [0.717, 1.165) is 37.4 Å². The molecule has 0 bridgehead atoms. The number of nitrogens with one attached hydrogen (secondary N) is 1. The van der Waals surface area contributed by atoms with Crippen LogP contribution in [0, 0.1) is 0 Å². The van der Waals surface area contributed by atoms with Crippen LogP contribution in [0.5, 0.6) is 17.2 Å². The molecule has 2 aromatic rings. The third-order valence-corrected chi connectivity index (χ3v) is 4.53. The van der Waals surface area contributed by atoms with E-state index in [4.69, 9.17) is 14.2 Å². The highest BCUT2D eigenvalue weighted by Gasteiger charge is 2.16. The number of ether oxygens (including phenoxy) is 3. The van der Waals surface area contributed by atoms with Gasteiger partial charge in [-0.2, -0.15) is 0 Å². The smallest absolute Gasteiger partial charge is 0.231 e. The molecule has 1 aliphatic rings. The molecule has 0 saturated heterocycles. The fourth-order valence-corrected chi connectivity index (χ4v) is 3.07. The van der Waals surface area contributed by atoms with Crippen LogP contribution in [0.4, 0.5) is 5.69 Å². The summed E-state index contributed by atoms with van der Waals surface area (Å²) >= 11 is 7.03. The summed E-state index contributed by atoms with van der Waals surface area (Å²) in [6, 6.07) is 9.80. The van der Waals surface area contributed by atoms with Crippen molar-refractivity contribution < 1.29 is 14.2 Å². The van der Waals surface area contributed by atoms with Crippen molar-refractivity contribution in [3.63, 3.8) is 0 Å². The summed E-state index contributed by atoms with van der Waals surface area (Å²) in [5, 5.41) is 3.37. The summed E-state index contributed by atoms with van der Waals surface area (Å²) in [5.74, 6) is 2.37. The second kappa shape index (κ2) is 6.15. The zero-order valence-electron chi connectivity index (χ0n) is 11.3. The maximum absolute atomic E-state index is 5.40. The average Bonchev–Trinajstić information content (AvgIpc) is 2.92. The SMILES string of the molecule is COc1ccc(NCc2cc3c(cc2Br)OCO3)cc1Br. The summed E-state index contributed by atoms with van der Waals surface area (Å²) in [5.41, 5.74) is 2.11. The van der Waals surface area contributed by atoms with E-state index >= 15 is 0 Å². The van der Waals surface area contributed by atoms with Gasteiger partial charge in [0.1, 0.15) is 5.75 Å². The lowest BCUT2D eigenvalue weighted by Crippen LogP contribution is -2.00. The Morgan fingerprint density at radius 2 is 1.86 bits per heavy atom. The molecule has 2 aromatic carbocycles. The minimum Gasteiger partial charge on any atom is -0.496 e. The second-order valence-electron chi connectivity index (χ2n) is 4.50. The summed E-state index contributed by atoms with van der Waals surface area (Å²) < 4.78 is 17.9. The highest BCUT2D eigenvalue weighted by Crippen LogP contribution is 2.37. The first kappa shape index (κ1) is 14.5. The maximum Gasteiger partial charge on any atom is 0.231 e. The van der Waals surface area contributed by atoms with Crippen LogP contribution >= 0.6 is 31.9 Å². The Hall–Kier alpha value is -1.40. The third kappa shape index (κ3) is 3.11. The first-order valence-corrected chi connectivity index (χ1v) is 7.91. The number of rotatable bonds is 4. The van der Waals surface area contributed by atoms with Crippen LogP contribution in [-0.4, -0.2) is 13.9 Å². The number of fused-ring (bicyclic) bond motifs is 1. The Morgan fingerprint density at radius 3 is 2.57 bits per heavy atom. The van der Waals surface area contributed by atoms with Gasteiger partial charge in [-0.05, 0) is 51.8 Å². The molecule has 3 rings (SSSR count). The van der Waals surface area contributed by atoms with Crippen LogP contribution in [0.1, 0.15) is 5.56 Å². The molecular formula is C15H13Br2NO3. The van der Waals surface area contributed by atoms with Gasteiger partial charge in [-0.15, -0.1) is 0 Å². The van der Waals surface area contributed by atoms with E-state index in [1.165, 1.54) is 0 Å². The van der Waals surface area contributed by atoms with E-state index in [9.17, 15) is 0 Å². The lowest BCUT2D eigenvalue weighted by Gasteiger charge is -2.11. The Labute approximate surface area is 139 Å². The van der Waals surface area contributed by atoms with Crippen molar-refractivity contribution in [1.82, 2.24) is 0 Å². The molecule has 1 heterocycles. The van der Waals surface area contributed by atoms with Crippen molar-refractivity contribution in [3.05, 3.63) is 44.8 Å². The first-order chi connectivity index (χ1) is 10.2. The van der Waals surface area contributed by atoms with E-state index in [-0.39, 0.29) is 6.79 Å². The van der Waals surface area contributed by atoms with Gasteiger partial charge in [0.05, 0.1) is 11.6 Å². The van der Waals surface area contributed by atoms with Crippen LogP contribution in [0.25, 0.3) is 0 Å². The number of methoxy groups -OCH3 is 1. The standard InChI is InChI=1S/C15H13Br2NO3/c1-19-13-3-2-10(5-12(13)17)18-7-9-4-14-15(6-11(9)16)21-8-20-14/h2-6,18H,7-8H2,1H3. The Bertz CT molecular complexity index is 676. The van der Waals surface area contributed by atoms with E-state index < -0.39 is 0 Å². The zero-order chi connectivity index (χ0) is 14.8. The first-order valence-electron chi connectivity index (χ1n) is 6.33. The Balaban J connectivity index is 1.74. The zero-order valence-corrected chi connectivity index (χ0v) is 14.5. The molecule has 0 saturated carbocycles. The topological polar surface area (TPSA) is 39.7 Å². The van der Waals surface area contributed by atoms with Crippen molar-refractivity contribution in [2.24, 2.45) is 0 Å². The van der Waals surface area contributed by atoms with Crippen molar-refractivity contribution >= 4 is 37.5 Å². The Morgan fingerprint density at radius 1 is 1.10 bits per heavy atom. The molecule has 0 atom stereocenters. The van der Waals surface area contributed by atoms with Crippen LogP contribution in [-0.2, 0) is 6.54 Å². The van der Waals surface area contributed by atoms with Crippen molar-refractivity contribution in [3.8, 4) is 17.2 Å². The molecule has 0 aliphatic carbocycles. The minimum absolute atomic E-state index is 0.282. The molecule has 1 aliphatic heterocycles. The van der Waals surface area contributed by atoms with Crippen molar-refractivity contribution in [2.45, 2.75) is 6.54 Å². The molecular weight excluding hydrogens is 402 g/mol. The quantitative estimate of drug-likeness (QED) is 0.795. The molecule has 1 N–H and O–H groups in total. The highest BCUT2D eigenvalue weighted by atomic mass is 79.9. The lowest BCUT2D eigenvalue weighted by molar-refractivity contribution is 0.174. The predicted molar refractivity (Wildman–Crippen MR) is 88.3 cm³/mol. The van der Waals surface area contributed by atoms with E-state index in [0.29, 0.717) is 6.54 Å². The van der Waals surface area contributed by atoms with Gasteiger partial charge < -0.3 is 19.5 Å². The summed E-state index contributed by atoms with van der Waals surface area (Å²) in [4.78, 5) is 0. The van der Waals surface area contributed by atoms with Crippen molar-refractivity contribution in [1.29, 1.82) is 0 Å². The van der Waals surface area contributed by atoms with Gasteiger partial charge in [0.25, 0.3) is 0 Å². The molecule has 0 spiro atoms. The largest absolute Gasteiger partial charge is 0.496 e. The minimum atomic E-state index is 0.282. The molecule has 0 radical (unpaired) electrons. The fourth-order valence-electron chi connectivity index (χ4n) is 2.07. The number of hydrogen-bond donors (Lipinski definition) is 1. The molecule has 4 nitrogen and oxygen atoms in total. The van der Waals surface area contributed by atoms with Crippen LogP contribution < -0.4 is 19.5 Å². The third-order valence-electron chi connectivity index (χ3n) is 3.18. The van der Waals surface area contributed by atoms with Gasteiger partial charge in [0, 0.05) is 16.7 Å². The van der Waals surface area contributed by atoms with Crippen LogP contribution in [0.3, 0.4) is 0 Å². The summed E-state index contributed by atoms with van der Waals surface area (Å²) in [6.07, 6.45) is 0. The molecule has 0 fully saturated rings. The molecule has 21 heavy (non-hydrogen) atoms. The average molecular weight is 415 g/mol. The summed E-state index contributed by atoms with van der Waals surface area (Å²) in [6.45, 7) is 0.958. The number of hydrogen-bond acceptors (Lipinski definition) is 4. The van der Waals surface area contributed by atoms with Gasteiger partial charge in [-0.1, -0.05) is 15.9 Å². The van der Waals surface area contributed by atoms with Gasteiger partial charge in [-0.25, -0.2) is 0 Å². The van der Waals surface area contributed by atoms with Gasteiger partial charge in [0.15, 0.2) is 11.5 Å². The van der Waals surface area contributed by atoms with E-state index in [1.807, 2.05) is 30.3 Å². The molecule has 110 valence electrons. The number of benzene rings is 2. The van der Waals surface area contributed by atoms with E-state index in [2.05, 4.69) is 37.2 Å². The van der Waals surface area contributed by atoms with Gasteiger partial charge >= 0.3 is 0 Å². The van der Waals surface area contributed by atoms with Gasteiger partial charge in [0.2, 0.25) is 6.79 Å². The monoisotopic (exact) mass is 413 g/mol. The lowest BCUT2D eigenvalue weighted by atomic mass is 10.2. The summed E-state index contributed by atoms with van der Waals surface area (Å²) in [7, 11) is 1.65. The predicted octanol–water partition coefficient (Wildman–Crippen LogP) is 4.56. The number of anilines is 1. The maximum atomic E-state index is 5.40. The molecule has 0 unspecified atom stereocenters. The van der Waals surface area contributed by atoms with E-state index in [1.54, 1.807) is 7.11 Å². The molecule has 6 heteroatoms. The fraction of sp³-hybridized carbons (Fsp3) is 0.200. The van der Waals surface area contributed by atoms with Crippen LogP contribution in [0.2, 0.25) is 0 Å². The normalized spacial score (nSPS) is 12.3. The van der Waals surface area contributed by atoms with Crippen LogP contribution in [0.15, 0.2) is 39.3 Å². The number of halogens is 2. The van der Waals surface area contributed by atoms with Gasteiger partial charge in [-0.3, -0.25) is 0 Å². The molecule has 0 aromatic heterocycles. The molecule has 0 amide bonds. The Kier molecular flexibility index (Phi) is 4.26. The highest BCUT2D eigenvalue weighted by molar-refractivity contribution is 9.10. The van der Waals surface area contributed by atoms with Crippen molar-refractivity contribution in [2.75, 3.05) is 19.2 Å².